The fourth-order valence-corrected chi connectivity index (χ4v) is 2.63. The molecule has 0 heterocycles. The third-order valence-electron chi connectivity index (χ3n) is 3.65. The summed E-state index contributed by atoms with van der Waals surface area (Å²) in [5.74, 6) is 1.78. The zero-order chi connectivity index (χ0) is 12.1. The Labute approximate surface area is 104 Å². The predicted molar refractivity (Wildman–Crippen MR) is 69.4 cm³/mol. The molecule has 0 bridgehead atoms. The minimum Gasteiger partial charge on any atom is -0.312 e. The number of nitrogens with one attached hydrogen (secondary N) is 1. The smallest absolute Gasteiger partial charge is 0.0991 e. The summed E-state index contributed by atoms with van der Waals surface area (Å²) < 4.78 is 0. The van der Waals surface area contributed by atoms with Gasteiger partial charge >= 0.3 is 0 Å². The summed E-state index contributed by atoms with van der Waals surface area (Å²) in [7, 11) is 0. The molecule has 0 saturated heterocycles. The fourth-order valence-electron chi connectivity index (χ4n) is 2.63. The van der Waals surface area contributed by atoms with Crippen LogP contribution in [0, 0.1) is 23.2 Å². The molecule has 1 aliphatic rings. The van der Waals surface area contributed by atoms with Crippen LogP contribution in [0.3, 0.4) is 0 Å². The molecule has 2 atom stereocenters. The van der Waals surface area contributed by atoms with Crippen molar-refractivity contribution in [1.82, 2.24) is 5.32 Å². The lowest BCUT2D eigenvalue weighted by Gasteiger charge is -2.11. The van der Waals surface area contributed by atoms with Gasteiger partial charge in [0.25, 0.3) is 0 Å². The lowest BCUT2D eigenvalue weighted by atomic mass is 10.1. The molecular weight excluding hydrogens is 208 g/mol. The quantitative estimate of drug-likeness (QED) is 0.859. The van der Waals surface area contributed by atoms with Crippen molar-refractivity contribution < 1.29 is 0 Å². The van der Waals surface area contributed by atoms with Crippen molar-refractivity contribution in [1.29, 1.82) is 5.26 Å². The fraction of sp³-hybridized carbons (Fsp3) is 0.533. The second kappa shape index (κ2) is 5.84. The summed E-state index contributed by atoms with van der Waals surface area (Å²) >= 11 is 0. The zero-order valence-electron chi connectivity index (χ0n) is 10.4. The van der Waals surface area contributed by atoms with E-state index in [-0.39, 0.29) is 0 Å². The van der Waals surface area contributed by atoms with E-state index in [4.69, 9.17) is 5.26 Å². The highest BCUT2D eigenvalue weighted by atomic mass is 14.9. The molecule has 1 fully saturated rings. The normalized spacial score (nSPS) is 23.5. The Morgan fingerprint density at radius 2 is 2.06 bits per heavy atom. The first kappa shape index (κ1) is 12.1. The van der Waals surface area contributed by atoms with Crippen molar-refractivity contribution in [3.63, 3.8) is 0 Å². The van der Waals surface area contributed by atoms with Gasteiger partial charge in [0.15, 0.2) is 0 Å². The van der Waals surface area contributed by atoms with Gasteiger partial charge in [0.1, 0.15) is 0 Å². The largest absolute Gasteiger partial charge is 0.312 e. The Hall–Kier alpha value is -1.33. The van der Waals surface area contributed by atoms with E-state index >= 15 is 0 Å². The van der Waals surface area contributed by atoms with Crippen molar-refractivity contribution in [2.24, 2.45) is 11.8 Å². The van der Waals surface area contributed by atoms with Crippen LogP contribution in [0.4, 0.5) is 0 Å². The van der Waals surface area contributed by atoms with Crippen molar-refractivity contribution in [3.8, 4) is 6.07 Å². The molecule has 1 saturated carbocycles. The number of nitrogens with zero attached hydrogens (tertiary/aromatic N) is 1. The maximum absolute atomic E-state index is 8.71. The molecule has 17 heavy (non-hydrogen) atoms. The van der Waals surface area contributed by atoms with Crippen LogP contribution < -0.4 is 5.32 Å². The van der Waals surface area contributed by atoms with Gasteiger partial charge in [0.2, 0.25) is 0 Å². The molecule has 1 aromatic carbocycles. The summed E-state index contributed by atoms with van der Waals surface area (Å²) in [6.07, 6.45) is 4.14. The summed E-state index contributed by atoms with van der Waals surface area (Å²) in [4.78, 5) is 0. The molecule has 90 valence electrons. The van der Waals surface area contributed by atoms with Gasteiger partial charge < -0.3 is 5.32 Å². The topological polar surface area (TPSA) is 35.8 Å². The standard InChI is InChI=1S/C15H20N2/c1-12-2-3-15(8-12)11-17-10-14-6-4-13(9-16)5-7-14/h4-7,12,15,17H,2-3,8,10-11H2,1H3. The number of nitriles is 1. The second-order valence-electron chi connectivity index (χ2n) is 5.22. The minimum atomic E-state index is 0.735. The van der Waals surface area contributed by atoms with Crippen LogP contribution in [0.15, 0.2) is 24.3 Å². The summed E-state index contributed by atoms with van der Waals surface area (Å²) in [6.45, 7) is 4.39. The van der Waals surface area contributed by atoms with Gasteiger partial charge in [-0.3, -0.25) is 0 Å². The van der Waals surface area contributed by atoms with Crippen molar-refractivity contribution in [2.45, 2.75) is 32.7 Å². The van der Waals surface area contributed by atoms with Gasteiger partial charge in [-0.25, -0.2) is 0 Å². The summed E-state index contributed by atoms with van der Waals surface area (Å²) in [5.41, 5.74) is 1.99. The lowest BCUT2D eigenvalue weighted by molar-refractivity contribution is 0.470. The Bertz CT molecular complexity index is 388. The van der Waals surface area contributed by atoms with Crippen LogP contribution in [0.2, 0.25) is 0 Å². The molecule has 1 aromatic rings. The van der Waals surface area contributed by atoms with Gasteiger partial charge in [-0.2, -0.15) is 5.26 Å². The summed E-state index contributed by atoms with van der Waals surface area (Å²) in [6, 6.07) is 9.97. The van der Waals surface area contributed by atoms with Gasteiger partial charge in [-0.15, -0.1) is 0 Å². The first-order valence-corrected chi connectivity index (χ1v) is 6.47. The van der Waals surface area contributed by atoms with Crippen LogP contribution in [-0.4, -0.2) is 6.54 Å². The van der Waals surface area contributed by atoms with Gasteiger partial charge in [0.05, 0.1) is 11.6 Å². The SMILES string of the molecule is CC1CCC(CNCc2ccc(C#N)cc2)C1. The van der Waals surface area contributed by atoms with E-state index in [1.54, 1.807) is 0 Å². The van der Waals surface area contributed by atoms with E-state index < -0.39 is 0 Å². The molecule has 2 unspecified atom stereocenters. The molecule has 0 aromatic heterocycles. The first-order valence-electron chi connectivity index (χ1n) is 6.47. The Morgan fingerprint density at radius 3 is 2.65 bits per heavy atom. The van der Waals surface area contributed by atoms with E-state index in [0.717, 1.165) is 30.5 Å². The maximum atomic E-state index is 8.71. The molecule has 2 nitrogen and oxygen atoms in total. The zero-order valence-corrected chi connectivity index (χ0v) is 10.4. The Balaban J connectivity index is 1.73. The number of hydrogen-bond donors (Lipinski definition) is 1. The Kier molecular flexibility index (Phi) is 4.17. The average Bonchev–Trinajstić information content (AvgIpc) is 2.76. The lowest BCUT2D eigenvalue weighted by Crippen LogP contribution is -2.20. The highest BCUT2D eigenvalue weighted by molar-refractivity contribution is 5.31. The molecule has 1 aliphatic carbocycles. The van der Waals surface area contributed by atoms with E-state index in [1.807, 2.05) is 24.3 Å². The number of benzene rings is 1. The highest BCUT2D eigenvalue weighted by Crippen LogP contribution is 2.29. The second-order valence-corrected chi connectivity index (χ2v) is 5.22. The van der Waals surface area contributed by atoms with Gasteiger partial charge in [0, 0.05) is 6.54 Å². The molecule has 0 spiro atoms. The van der Waals surface area contributed by atoms with E-state index in [1.165, 1.54) is 24.8 Å². The van der Waals surface area contributed by atoms with Crippen LogP contribution in [0.1, 0.15) is 37.3 Å². The molecule has 2 heteroatoms. The number of rotatable bonds is 4. The van der Waals surface area contributed by atoms with E-state index in [0.29, 0.717) is 0 Å². The van der Waals surface area contributed by atoms with Crippen LogP contribution in [-0.2, 0) is 6.54 Å². The molecule has 0 radical (unpaired) electrons. The molecule has 2 rings (SSSR count). The maximum Gasteiger partial charge on any atom is 0.0991 e. The van der Waals surface area contributed by atoms with Gasteiger partial charge in [-0.05, 0) is 48.9 Å². The number of hydrogen-bond acceptors (Lipinski definition) is 2. The molecular formula is C15H20N2. The van der Waals surface area contributed by atoms with Crippen molar-refractivity contribution in [3.05, 3.63) is 35.4 Å². The van der Waals surface area contributed by atoms with Crippen LogP contribution in [0.25, 0.3) is 0 Å². The first-order chi connectivity index (χ1) is 8.28. The molecule has 1 N–H and O–H groups in total. The monoisotopic (exact) mass is 228 g/mol. The van der Waals surface area contributed by atoms with Crippen LogP contribution in [0.5, 0.6) is 0 Å². The van der Waals surface area contributed by atoms with Crippen LogP contribution >= 0.6 is 0 Å². The van der Waals surface area contributed by atoms with Gasteiger partial charge in [-0.1, -0.05) is 25.5 Å². The molecule has 0 amide bonds. The highest BCUT2D eigenvalue weighted by Gasteiger charge is 2.20. The minimum absolute atomic E-state index is 0.735. The third kappa shape index (κ3) is 3.57. The molecule has 0 aliphatic heterocycles. The van der Waals surface area contributed by atoms with E-state index in [2.05, 4.69) is 18.3 Å². The average molecular weight is 228 g/mol. The predicted octanol–water partition coefficient (Wildman–Crippen LogP) is 3.08. The third-order valence-corrected chi connectivity index (χ3v) is 3.65. The van der Waals surface area contributed by atoms with E-state index in [9.17, 15) is 0 Å². The summed E-state index contributed by atoms with van der Waals surface area (Å²) in [5, 5.41) is 12.2. The Morgan fingerprint density at radius 1 is 1.29 bits per heavy atom. The van der Waals surface area contributed by atoms with Crippen molar-refractivity contribution in [2.75, 3.05) is 6.54 Å². The van der Waals surface area contributed by atoms with Crippen molar-refractivity contribution >= 4 is 0 Å².